The first kappa shape index (κ1) is 15.8. The summed E-state index contributed by atoms with van der Waals surface area (Å²) in [6.45, 7) is 4.42. The van der Waals surface area contributed by atoms with Crippen LogP contribution < -0.4 is 5.32 Å². The Bertz CT molecular complexity index is 426. The Morgan fingerprint density at radius 3 is 2.79 bits per heavy atom. The number of hydrogen-bond donors (Lipinski definition) is 1. The van der Waals surface area contributed by atoms with Crippen LogP contribution in [0.3, 0.4) is 0 Å². The third-order valence-corrected chi connectivity index (χ3v) is 3.35. The van der Waals surface area contributed by atoms with Crippen LogP contribution in [0.15, 0.2) is 18.2 Å². The molecule has 0 spiro atoms. The van der Waals surface area contributed by atoms with Crippen LogP contribution in [0.1, 0.15) is 12.5 Å². The molecule has 1 aromatic rings. The fraction of sp³-hybridized carbons (Fsp3) is 0.538. The van der Waals surface area contributed by atoms with Crippen LogP contribution in [0.25, 0.3) is 0 Å². The first-order chi connectivity index (χ1) is 9.08. The normalized spacial score (nSPS) is 10.7. The van der Waals surface area contributed by atoms with Gasteiger partial charge in [0.25, 0.3) is 5.69 Å². The number of hydrogen-bond acceptors (Lipinski definition) is 5. The van der Waals surface area contributed by atoms with Crippen LogP contribution in [0.5, 0.6) is 0 Å². The molecule has 0 atom stereocenters. The standard InChI is InChI=1S/C13H21N3O2S/c1-4-14-12-9-11(5-6-13(12)16(17)18)10-15(2)7-8-19-3/h5-6,9,14H,4,7-8,10H2,1-3H3. The molecule has 0 heterocycles. The number of thioether (sulfide) groups is 1. The van der Waals surface area contributed by atoms with Gasteiger partial charge >= 0.3 is 0 Å². The third kappa shape index (κ3) is 5.08. The van der Waals surface area contributed by atoms with E-state index in [1.165, 1.54) is 0 Å². The molecule has 1 rings (SSSR count). The van der Waals surface area contributed by atoms with E-state index in [0.29, 0.717) is 12.2 Å². The molecule has 0 unspecified atom stereocenters. The van der Waals surface area contributed by atoms with Gasteiger partial charge in [0.1, 0.15) is 5.69 Å². The number of nitro groups is 1. The molecular formula is C13H21N3O2S. The Morgan fingerprint density at radius 2 is 2.21 bits per heavy atom. The lowest BCUT2D eigenvalue weighted by Crippen LogP contribution is -2.20. The van der Waals surface area contributed by atoms with Crippen LogP contribution in [0.4, 0.5) is 11.4 Å². The van der Waals surface area contributed by atoms with Gasteiger partial charge in [0.05, 0.1) is 4.92 Å². The summed E-state index contributed by atoms with van der Waals surface area (Å²) in [5.74, 6) is 1.09. The van der Waals surface area contributed by atoms with E-state index in [1.54, 1.807) is 6.07 Å². The molecule has 5 nitrogen and oxygen atoms in total. The second-order valence-corrected chi connectivity index (χ2v) is 5.36. The number of nitrogens with one attached hydrogen (secondary N) is 1. The van der Waals surface area contributed by atoms with Crippen molar-refractivity contribution in [2.45, 2.75) is 13.5 Å². The topological polar surface area (TPSA) is 58.4 Å². The average molecular weight is 283 g/mol. The van der Waals surface area contributed by atoms with Crippen LogP contribution in [0, 0.1) is 10.1 Å². The maximum Gasteiger partial charge on any atom is 0.292 e. The fourth-order valence-electron chi connectivity index (χ4n) is 1.81. The fourth-order valence-corrected chi connectivity index (χ4v) is 2.30. The number of benzene rings is 1. The predicted octanol–water partition coefficient (Wildman–Crippen LogP) is 2.82. The Kier molecular flexibility index (Phi) is 6.66. The molecule has 0 aliphatic heterocycles. The molecule has 0 amide bonds. The minimum Gasteiger partial charge on any atom is -0.380 e. The van der Waals surface area contributed by atoms with Crippen molar-refractivity contribution >= 4 is 23.1 Å². The second kappa shape index (κ2) is 8.01. The van der Waals surface area contributed by atoms with Gasteiger partial charge in [-0.15, -0.1) is 0 Å². The van der Waals surface area contributed by atoms with Crippen molar-refractivity contribution in [3.05, 3.63) is 33.9 Å². The Balaban J connectivity index is 2.80. The zero-order valence-corrected chi connectivity index (χ0v) is 12.5. The summed E-state index contributed by atoms with van der Waals surface area (Å²) in [6.07, 6.45) is 2.09. The van der Waals surface area contributed by atoms with Crippen LogP contribution >= 0.6 is 11.8 Å². The molecule has 0 aliphatic rings. The molecule has 0 aromatic heterocycles. The van der Waals surface area contributed by atoms with E-state index in [4.69, 9.17) is 0 Å². The lowest BCUT2D eigenvalue weighted by molar-refractivity contribution is -0.384. The molecule has 0 aliphatic carbocycles. The second-order valence-electron chi connectivity index (χ2n) is 4.37. The van der Waals surface area contributed by atoms with Crippen LogP contribution in [0.2, 0.25) is 0 Å². The Morgan fingerprint density at radius 1 is 1.47 bits per heavy atom. The van der Waals surface area contributed by atoms with Gasteiger partial charge in [0, 0.05) is 31.5 Å². The van der Waals surface area contributed by atoms with E-state index in [9.17, 15) is 10.1 Å². The van der Waals surface area contributed by atoms with E-state index < -0.39 is 0 Å². The zero-order valence-electron chi connectivity index (χ0n) is 11.7. The van der Waals surface area contributed by atoms with Crippen molar-refractivity contribution in [2.24, 2.45) is 0 Å². The van der Waals surface area contributed by atoms with Crippen molar-refractivity contribution < 1.29 is 4.92 Å². The average Bonchev–Trinajstić information content (AvgIpc) is 2.36. The summed E-state index contributed by atoms with van der Waals surface area (Å²) in [6, 6.07) is 5.28. The third-order valence-electron chi connectivity index (χ3n) is 2.75. The van der Waals surface area contributed by atoms with Gasteiger partial charge in [-0.2, -0.15) is 11.8 Å². The molecule has 0 bridgehead atoms. The van der Waals surface area contributed by atoms with Crippen molar-refractivity contribution in [1.29, 1.82) is 0 Å². The first-order valence-corrected chi connectivity index (χ1v) is 7.66. The highest BCUT2D eigenvalue weighted by atomic mass is 32.2. The Hall–Kier alpha value is -1.27. The quantitative estimate of drug-likeness (QED) is 0.587. The molecule has 0 saturated heterocycles. The van der Waals surface area contributed by atoms with Gasteiger partial charge in [-0.25, -0.2) is 0 Å². The molecule has 1 aromatic carbocycles. The monoisotopic (exact) mass is 283 g/mol. The summed E-state index contributed by atoms with van der Waals surface area (Å²) in [4.78, 5) is 12.8. The van der Waals surface area contributed by atoms with E-state index in [2.05, 4.69) is 23.5 Å². The van der Waals surface area contributed by atoms with Gasteiger partial charge in [-0.3, -0.25) is 10.1 Å². The molecule has 0 fully saturated rings. The van der Waals surface area contributed by atoms with Crippen molar-refractivity contribution in [1.82, 2.24) is 4.90 Å². The number of rotatable bonds is 8. The molecule has 19 heavy (non-hydrogen) atoms. The van der Waals surface area contributed by atoms with Crippen molar-refractivity contribution in [3.8, 4) is 0 Å². The predicted molar refractivity (Wildman–Crippen MR) is 82.0 cm³/mol. The van der Waals surface area contributed by atoms with Gasteiger partial charge in [0.15, 0.2) is 0 Å². The SMILES string of the molecule is CCNc1cc(CN(C)CCSC)ccc1[N+](=O)[O-]. The first-order valence-electron chi connectivity index (χ1n) is 6.27. The molecular weight excluding hydrogens is 262 g/mol. The Labute approximate surface area is 118 Å². The summed E-state index contributed by atoms with van der Waals surface area (Å²) in [5.41, 5.74) is 1.82. The summed E-state index contributed by atoms with van der Waals surface area (Å²) in [5, 5.41) is 14.0. The summed E-state index contributed by atoms with van der Waals surface area (Å²) >= 11 is 1.81. The zero-order chi connectivity index (χ0) is 14.3. The molecule has 1 N–H and O–H groups in total. The highest BCUT2D eigenvalue weighted by Crippen LogP contribution is 2.25. The molecule has 106 valence electrons. The molecule has 0 saturated carbocycles. The van der Waals surface area contributed by atoms with E-state index in [0.717, 1.165) is 24.4 Å². The van der Waals surface area contributed by atoms with Gasteiger partial charge in [-0.1, -0.05) is 6.07 Å². The summed E-state index contributed by atoms with van der Waals surface area (Å²) in [7, 11) is 2.06. The molecule has 6 heteroatoms. The molecule has 0 radical (unpaired) electrons. The van der Waals surface area contributed by atoms with E-state index >= 15 is 0 Å². The van der Waals surface area contributed by atoms with Gasteiger partial charge in [0.2, 0.25) is 0 Å². The van der Waals surface area contributed by atoms with Crippen LogP contribution in [-0.2, 0) is 6.54 Å². The highest BCUT2D eigenvalue weighted by molar-refractivity contribution is 7.98. The minimum absolute atomic E-state index is 0.136. The van der Waals surface area contributed by atoms with E-state index in [1.807, 2.05) is 30.8 Å². The smallest absolute Gasteiger partial charge is 0.292 e. The van der Waals surface area contributed by atoms with Gasteiger partial charge in [-0.05, 0) is 31.9 Å². The lowest BCUT2D eigenvalue weighted by atomic mass is 10.1. The minimum atomic E-state index is -0.348. The van der Waals surface area contributed by atoms with Gasteiger partial charge < -0.3 is 10.2 Å². The number of anilines is 1. The largest absolute Gasteiger partial charge is 0.380 e. The maximum absolute atomic E-state index is 10.9. The maximum atomic E-state index is 10.9. The number of nitrogens with zero attached hydrogens (tertiary/aromatic N) is 2. The highest BCUT2D eigenvalue weighted by Gasteiger charge is 2.13. The lowest BCUT2D eigenvalue weighted by Gasteiger charge is -2.16. The van der Waals surface area contributed by atoms with Crippen molar-refractivity contribution in [3.63, 3.8) is 0 Å². The van der Waals surface area contributed by atoms with E-state index in [-0.39, 0.29) is 10.6 Å². The summed E-state index contributed by atoms with van der Waals surface area (Å²) < 4.78 is 0. The number of nitro benzene ring substituents is 1. The van der Waals surface area contributed by atoms with Crippen molar-refractivity contribution in [2.75, 3.05) is 37.5 Å². The van der Waals surface area contributed by atoms with Crippen LogP contribution in [-0.4, -0.2) is 42.0 Å².